The average molecular weight is 1040 g/mol. The van der Waals surface area contributed by atoms with Crippen LogP contribution in [0, 0.1) is 0 Å². The summed E-state index contributed by atoms with van der Waals surface area (Å²) < 4.78 is 65.1. The minimum atomic E-state index is -0.641. The molecule has 0 saturated carbocycles. The molecule has 0 fully saturated rings. The van der Waals surface area contributed by atoms with Crippen molar-refractivity contribution in [2.75, 3.05) is 172 Å². The van der Waals surface area contributed by atoms with Gasteiger partial charge in [-0.3, -0.25) is 28.9 Å². The standard InChI is InChI=1S/C47H70N8O18/c1-2-9-55(46(59)39-32-37-3-4-38(45-53-51-36-72-45)33-40(37)52-41(48)34-39)73-11-8-50-47(60)71-31-30-70-29-28-69-27-26-68-25-24-67-23-22-66-21-20-65-19-18-64-17-16-63-15-14-62-13-12-61-10-7-49-42(56)35-54-43(57)5-6-44(54)58/h3-6,32-33,36H,2,7-31,34-35H2,1H3,(H2,48,52)(H,49,56)(H,50,60). The Morgan fingerprint density at radius 1 is 0.671 bits per heavy atom. The highest BCUT2D eigenvalue weighted by atomic mass is 16.7. The van der Waals surface area contributed by atoms with E-state index < -0.39 is 23.8 Å². The molecule has 2 aromatic rings. The Hall–Kier alpha value is -5.78. The molecule has 0 spiro atoms. The van der Waals surface area contributed by atoms with Gasteiger partial charge in [0.25, 0.3) is 17.7 Å². The lowest BCUT2D eigenvalue weighted by Gasteiger charge is -2.22. The van der Waals surface area contributed by atoms with Gasteiger partial charge in [0, 0.05) is 54.9 Å². The number of carbonyl (C=O) groups is 5. The van der Waals surface area contributed by atoms with Crippen LogP contribution >= 0.6 is 0 Å². The SMILES string of the molecule is CCCN(OCCNC(=O)OCCOCCOCCOCCOCCOCCOCCOCCOCCOCCOCCNC(=O)CN1C(=O)C=CC1=O)C(=O)C1=Cc2ccc(-c3nnco3)cc2N=C(N)C1. The van der Waals surface area contributed by atoms with Gasteiger partial charge in [-0.1, -0.05) is 13.0 Å². The van der Waals surface area contributed by atoms with Crippen molar-refractivity contribution in [3.8, 4) is 11.5 Å². The van der Waals surface area contributed by atoms with Crippen LogP contribution in [-0.4, -0.2) is 227 Å². The number of rotatable bonds is 43. The predicted octanol–water partition coefficient (Wildman–Crippen LogP) is 0.616. The number of imide groups is 1. The van der Waals surface area contributed by atoms with E-state index in [1.165, 1.54) is 11.5 Å². The van der Waals surface area contributed by atoms with E-state index in [-0.39, 0.29) is 64.2 Å². The lowest BCUT2D eigenvalue weighted by molar-refractivity contribution is -0.181. The molecule has 2 aliphatic heterocycles. The molecule has 1 aromatic heterocycles. The van der Waals surface area contributed by atoms with Gasteiger partial charge in [-0.05, 0) is 24.6 Å². The molecule has 4 rings (SSSR count). The number of aliphatic imine (C=N–C) groups is 1. The van der Waals surface area contributed by atoms with Gasteiger partial charge in [0.2, 0.25) is 18.2 Å². The van der Waals surface area contributed by atoms with Crippen molar-refractivity contribution in [2.24, 2.45) is 10.7 Å². The summed E-state index contributed by atoms with van der Waals surface area (Å²) in [4.78, 5) is 71.4. The van der Waals surface area contributed by atoms with Crippen molar-refractivity contribution in [3.05, 3.63) is 47.9 Å². The maximum absolute atomic E-state index is 13.5. The Kier molecular flexibility index (Phi) is 31.0. The summed E-state index contributed by atoms with van der Waals surface area (Å²) in [6.07, 6.45) is 5.36. The van der Waals surface area contributed by atoms with E-state index in [0.29, 0.717) is 160 Å². The smallest absolute Gasteiger partial charge is 0.407 e. The van der Waals surface area contributed by atoms with Crippen LogP contribution < -0.4 is 16.4 Å². The lowest BCUT2D eigenvalue weighted by Crippen LogP contribution is -2.41. The quantitative estimate of drug-likeness (QED) is 0.0466. The molecule has 2 aliphatic rings. The highest BCUT2D eigenvalue weighted by Gasteiger charge is 2.26. The van der Waals surface area contributed by atoms with Crippen LogP contribution in [0.3, 0.4) is 0 Å². The molecule has 5 amide bonds. The molecule has 0 unspecified atom stereocenters. The molecule has 73 heavy (non-hydrogen) atoms. The number of fused-ring (bicyclic) bond motifs is 1. The molecule has 406 valence electrons. The van der Waals surface area contributed by atoms with Crippen LogP contribution in [0.5, 0.6) is 0 Å². The van der Waals surface area contributed by atoms with Crippen LogP contribution in [-0.2, 0) is 76.1 Å². The Morgan fingerprint density at radius 2 is 1.16 bits per heavy atom. The molecule has 0 aliphatic carbocycles. The maximum atomic E-state index is 13.5. The highest BCUT2D eigenvalue weighted by Crippen LogP contribution is 2.31. The Balaban J connectivity index is 0.819. The summed E-state index contributed by atoms with van der Waals surface area (Å²) in [7, 11) is 0. The number of amidine groups is 1. The number of amides is 5. The zero-order chi connectivity index (χ0) is 52.0. The zero-order valence-electron chi connectivity index (χ0n) is 41.5. The van der Waals surface area contributed by atoms with Crippen LogP contribution in [0.2, 0.25) is 0 Å². The summed E-state index contributed by atoms with van der Waals surface area (Å²) in [5.74, 6) is -1.19. The number of nitrogens with zero attached hydrogens (tertiary/aromatic N) is 5. The number of hydrogen-bond donors (Lipinski definition) is 3. The van der Waals surface area contributed by atoms with Crippen molar-refractivity contribution in [3.63, 3.8) is 0 Å². The number of nitrogens with two attached hydrogens (primary N) is 1. The monoisotopic (exact) mass is 1030 g/mol. The third kappa shape index (κ3) is 26.1. The maximum Gasteiger partial charge on any atom is 0.407 e. The van der Waals surface area contributed by atoms with Crippen LogP contribution in [0.25, 0.3) is 17.5 Å². The summed E-state index contributed by atoms with van der Waals surface area (Å²) in [5, 5.41) is 14.1. The van der Waals surface area contributed by atoms with Crippen LogP contribution in [0.1, 0.15) is 25.3 Å². The molecule has 0 bridgehead atoms. The van der Waals surface area contributed by atoms with E-state index in [4.69, 9.17) is 67.1 Å². The number of hydrogen-bond acceptors (Lipinski definition) is 22. The molecule has 0 radical (unpaired) electrons. The van der Waals surface area contributed by atoms with E-state index in [2.05, 4.69) is 25.8 Å². The molecular formula is C47H70N8O18. The average Bonchev–Trinajstić information content (AvgIpc) is 4.00. The van der Waals surface area contributed by atoms with Gasteiger partial charge in [-0.25, -0.2) is 14.9 Å². The van der Waals surface area contributed by atoms with Crippen LogP contribution in [0.4, 0.5) is 10.5 Å². The van der Waals surface area contributed by atoms with Crippen molar-refractivity contribution in [1.82, 2.24) is 30.8 Å². The van der Waals surface area contributed by atoms with E-state index in [1.807, 2.05) is 6.92 Å². The molecule has 26 heteroatoms. The van der Waals surface area contributed by atoms with Gasteiger partial charge in [0.15, 0.2) is 0 Å². The predicted molar refractivity (Wildman–Crippen MR) is 258 cm³/mol. The summed E-state index contributed by atoms with van der Waals surface area (Å²) >= 11 is 0. The van der Waals surface area contributed by atoms with Gasteiger partial charge in [0.1, 0.15) is 19.0 Å². The number of aromatic nitrogens is 2. The second-order valence-electron chi connectivity index (χ2n) is 15.3. The first-order valence-electron chi connectivity index (χ1n) is 24.1. The summed E-state index contributed by atoms with van der Waals surface area (Å²) in [6, 6.07) is 5.37. The minimum Gasteiger partial charge on any atom is -0.447 e. The molecule has 3 heterocycles. The lowest BCUT2D eigenvalue weighted by atomic mass is 10.0. The van der Waals surface area contributed by atoms with Gasteiger partial charge < -0.3 is 72.9 Å². The van der Waals surface area contributed by atoms with E-state index >= 15 is 0 Å². The van der Waals surface area contributed by atoms with E-state index in [0.717, 1.165) is 17.1 Å². The topological polar surface area (TPSA) is 304 Å². The fourth-order valence-electron chi connectivity index (χ4n) is 6.23. The first-order valence-corrected chi connectivity index (χ1v) is 24.1. The van der Waals surface area contributed by atoms with Gasteiger partial charge >= 0.3 is 6.09 Å². The normalized spacial score (nSPS) is 13.2. The largest absolute Gasteiger partial charge is 0.447 e. The number of carbonyl (C=O) groups excluding carboxylic acids is 5. The van der Waals surface area contributed by atoms with Gasteiger partial charge in [0.05, 0.1) is 144 Å². The Bertz CT molecular complexity index is 1990. The Morgan fingerprint density at radius 3 is 1.66 bits per heavy atom. The molecule has 26 nitrogen and oxygen atoms in total. The number of alkyl carbamates (subject to hydrolysis) is 1. The number of benzene rings is 1. The molecule has 0 atom stereocenters. The first kappa shape index (κ1) is 59.8. The fourth-order valence-corrected chi connectivity index (χ4v) is 6.23. The first-order chi connectivity index (χ1) is 35.7. The van der Waals surface area contributed by atoms with Crippen molar-refractivity contribution in [2.45, 2.75) is 19.8 Å². The zero-order valence-corrected chi connectivity index (χ0v) is 41.5. The second-order valence-corrected chi connectivity index (χ2v) is 15.3. The highest BCUT2D eigenvalue weighted by molar-refractivity contribution is 6.14. The van der Waals surface area contributed by atoms with E-state index in [1.54, 1.807) is 24.3 Å². The van der Waals surface area contributed by atoms with Crippen molar-refractivity contribution in [1.29, 1.82) is 0 Å². The molecule has 4 N–H and O–H groups in total. The third-order valence-electron chi connectivity index (χ3n) is 9.73. The van der Waals surface area contributed by atoms with E-state index in [9.17, 15) is 24.0 Å². The number of hydroxylamine groups is 2. The molecule has 0 saturated heterocycles. The summed E-state index contributed by atoms with van der Waals surface area (Å²) in [6.45, 7) is 10.2. The number of ether oxygens (including phenoxy) is 11. The van der Waals surface area contributed by atoms with Gasteiger partial charge in [-0.2, -0.15) is 0 Å². The molecule has 1 aromatic carbocycles. The Labute approximate surface area is 424 Å². The second kappa shape index (κ2) is 37.9. The fraction of sp³-hybridized carbons (Fsp3) is 0.617. The number of nitrogens with one attached hydrogen (secondary N) is 2. The minimum absolute atomic E-state index is 0.0330. The third-order valence-corrected chi connectivity index (χ3v) is 9.73. The van der Waals surface area contributed by atoms with Crippen molar-refractivity contribution >= 4 is 47.3 Å². The van der Waals surface area contributed by atoms with Crippen molar-refractivity contribution < 1.29 is 85.3 Å². The van der Waals surface area contributed by atoms with Crippen LogP contribution in [0.15, 0.2) is 51.7 Å². The van der Waals surface area contributed by atoms with Gasteiger partial charge in [-0.15, -0.1) is 10.2 Å². The molecular weight excluding hydrogens is 965 g/mol. The summed E-state index contributed by atoms with van der Waals surface area (Å²) in [5.41, 5.74) is 8.53.